The zero-order valence-corrected chi connectivity index (χ0v) is 13.4. The SMILES string of the molecule is O=C(O)c1cc(NS(=O)(=O)c2ccccc2C(F)(F)F)cc(C(=O)O)c1. The zero-order chi connectivity index (χ0) is 19.7. The first kappa shape index (κ1) is 19.2. The second kappa shape index (κ2) is 6.67. The lowest BCUT2D eigenvalue weighted by Crippen LogP contribution is -2.19. The first-order chi connectivity index (χ1) is 11.9. The summed E-state index contributed by atoms with van der Waals surface area (Å²) in [7, 11) is -4.77. The van der Waals surface area contributed by atoms with Crippen LogP contribution in [0.3, 0.4) is 0 Å². The van der Waals surface area contributed by atoms with Crippen LogP contribution in [0, 0.1) is 0 Å². The van der Waals surface area contributed by atoms with E-state index in [4.69, 9.17) is 10.2 Å². The maximum absolute atomic E-state index is 13.0. The van der Waals surface area contributed by atoms with Crippen molar-refractivity contribution in [3.05, 3.63) is 59.2 Å². The number of anilines is 1. The third kappa shape index (κ3) is 4.11. The zero-order valence-electron chi connectivity index (χ0n) is 12.6. The van der Waals surface area contributed by atoms with E-state index in [1.54, 1.807) is 4.72 Å². The fourth-order valence-electron chi connectivity index (χ4n) is 2.08. The van der Waals surface area contributed by atoms with Crippen molar-refractivity contribution in [1.82, 2.24) is 0 Å². The molecular weight excluding hydrogens is 379 g/mol. The first-order valence-corrected chi connectivity index (χ1v) is 8.21. The van der Waals surface area contributed by atoms with Gasteiger partial charge in [0, 0.05) is 0 Å². The Morgan fingerprint density at radius 1 is 0.923 bits per heavy atom. The van der Waals surface area contributed by atoms with Crippen molar-refractivity contribution in [3.8, 4) is 0 Å². The molecule has 26 heavy (non-hydrogen) atoms. The number of alkyl halides is 3. The highest BCUT2D eigenvalue weighted by Gasteiger charge is 2.37. The van der Waals surface area contributed by atoms with Crippen LogP contribution in [0.2, 0.25) is 0 Å². The maximum atomic E-state index is 13.0. The van der Waals surface area contributed by atoms with E-state index in [2.05, 4.69) is 0 Å². The molecule has 0 bridgehead atoms. The Hall–Kier alpha value is -3.08. The largest absolute Gasteiger partial charge is 0.478 e. The predicted molar refractivity (Wildman–Crippen MR) is 82.6 cm³/mol. The molecule has 2 rings (SSSR count). The van der Waals surface area contributed by atoms with Crippen LogP contribution in [-0.2, 0) is 16.2 Å². The minimum Gasteiger partial charge on any atom is -0.478 e. The van der Waals surface area contributed by atoms with Crippen molar-refractivity contribution in [2.75, 3.05) is 4.72 Å². The van der Waals surface area contributed by atoms with Crippen LogP contribution >= 0.6 is 0 Å². The smallest absolute Gasteiger partial charge is 0.417 e. The first-order valence-electron chi connectivity index (χ1n) is 6.72. The van der Waals surface area contributed by atoms with Crippen LogP contribution in [-0.4, -0.2) is 30.6 Å². The maximum Gasteiger partial charge on any atom is 0.417 e. The molecule has 138 valence electrons. The average Bonchev–Trinajstić information content (AvgIpc) is 2.53. The third-order valence-corrected chi connectivity index (χ3v) is 4.60. The lowest BCUT2D eigenvalue weighted by Gasteiger charge is -2.15. The molecule has 0 atom stereocenters. The molecule has 0 unspecified atom stereocenters. The highest BCUT2D eigenvalue weighted by molar-refractivity contribution is 7.92. The summed E-state index contributed by atoms with van der Waals surface area (Å²) in [6.45, 7) is 0. The summed E-state index contributed by atoms with van der Waals surface area (Å²) < 4.78 is 65.5. The summed E-state index contributed by atoms with van der Waals surface area (Å²) in [6.07, 6.45) is -4.94. The van der Waals surface area contributed by atoms with Gasteiger partial charge in [0.2, 0.25) is 0 Å². The highest BCUT2D eigenvalue weighted by atomic mass is 32.2. The Labute approximate surface area is 144 Å². The van der Waals surface area contributed by atoms with Crippen LogP contribution in [0.25, 0.3) is 0 Å². The molecule has 0 fully saturated rings. The Morgan fingerprint density at radius 3 is 1.88 bits per heavy atom. The molecule has 0 heterocycles. The van der Waals surface area contributed by atoms with Gasteiger partial charge in [-0.05, 0) is 30.3 Å². The number of halogens is 3. The van der Waals surface area contributed by atoms with E-state index in [0.29, 0.717) is 6.07 Å². The molecule has 2 aromatic carbocycles. The molecule has 0 spiro atoms. The normalized spacial score (nSPS) is 11.8. The number of hydrogen-bond donors (Lipinski definition) is 3. The predicted octanol–water partition coefficient (Wildman–Crippen LogP) is 2.90. The average molecular weight is 389 g/mol. The third-order valence-electron chi connectivity index (χ3n) is 3.16. The molecule has 0 aliphatic carbocycles. The molecule has 0 aliphatic rings. The number of hydrogen-bond acceptors (Lipinski definition) is 4. The van der Waals surface area contributed by atoms with Crippen LogP contribution in [0.1, 0.15) is 26.3 Å². The van der Waals surface area contributed by atoms with Crippen molar-refractivity contribution >= 4 is 27.6 Å². The van der Waals surface area contributed by atoms with Crippen LogP contribution in [0.15, 0.2) is 47.4 Å². The van der Waals surface area contributed by atoms with Crippen molar-refractivity contribution in [2.45, 2.75) is 11.1 Å². The van der Waals surface area contributed by atoms with Crippen LogP contribution in [0.5, 0.6) is 0 Å². The minimum atomic E-state index is -4.94. The molecule has 0 aliphatic heterocycles. The summed E-state index contributed by atoms with van der Waals surface area (Å²) >= 11 is 0. The van der Waals surface area contributed by atoms with Crippen molar-refractivity contribution < 1.29 is 41.4 Å². The van der Waals surface area contributed by atoms with E-state index in [9.17, 15) is 31.2 Å². The Morgan fingerprint density at radius 2 is 1.42 bits per heavy atom. The van der Waals surface area contributed by atoms with Crippen LogP contribution in [0.4, 0.5) is 18.9 Å². The van der Waals surface area contributed by atoms with Crippen LogP contribution < -0.4 is 4.72 Å². The second-order valence-corrected chi connectivity index (χ2v) is 6.66. The van der Waals surface area contributed by atoms with Gasteiger partial charge in [0.25, 0.3) is 10.0 Å². The van der Waals surface area contributed by atoms with E-state index < -0.39 is 55.4 Å². The topological polar surface area (TPSA) is 121 Å². The second-order valence-electron chi connectivity index (χ2n) is 5.01. The molecular formula is C15H10F3NO6S. The molecule has 0 aromatic heterocycles. The summed E-state index contributed by atoms with van der Waals surface area (Å²) in [5.74, 6) is -3.08. The molecule has 7 nitrogen and oxygen atoms in total. The van der Waals surface area contributed by atoms with Gasteiger partial charge in [-0.25, -0.2) is 18.0 Å². The number of carboxylic acids is 2. The van der Waals surface area contributed by atoms with Gasteiger partial charge < -0.3 is 10.2 Å². The van der Waals surface area contributed by atoms with Gasteiger partial charge in [-0.3, -0.25) is 4.72 Å². The number of sulfonamides is 1. The Balaban J connectivity index is 2.55. The Kier molecular flexibility index (Phi) is 4.94. The quantitative estimate of drug-likeness (QED) is 0.723. The standard InChI is InChI=1S/C15H10F3NO6S/c16-15(17,18)11-3-1-2-4-12(11)26(24,25)19-10-6-8(13(20)21)5-9(7-10)14(22)23/h1-7,19H,(H,20,21)(H,22,23). The molecule has 0 saturated carbocycles. The summed E-state index contributed by atoms with van der Waals surface area (Å²) in [5.41, 5.74) is -3.02. The van der Waals surface area contributed by atoms with E-state index in [0.717, 1.165) is 36.4 Å². The number of carboxylic acid groups (broad SMARTS) is 2. The van der Waals surface area contributed by atoms with Gasteiger partial charge in [0.1, 0.15) is 0 Å². The van der Waals surface area contributed by atoms with E-state index in [1.165, 1.54) is 0 Å². The van der Waals surface area contributed by atoms with Crippen molar-refractivity contribution in [1.29, 1.82) is 0 Å². The fraction of sp³-hybridized carbons (Fsp3) is 0.0667. The number of nitrogens with one attached hydrogen (secondary N) is 1. The van der Waals surface area contributed by atoms with Gasteiger partial charge in [-0.15, -0.1) is 0 Å². The number of carbonyl (C=O) groups is 2. The van der Waals surface area contributed by atoms with Gasteiger partial charge in [0.05, 0.1) is 27.3 Å². The monoisotopic (exact) mass is 389 g/mol. The lowest BCUT2D eigenvalue weighted by atomic mass is 10.1. The summed E-state index contributed by atoms with van der Waals surface area (Å²) in [4.78, 5) is 21.0. The van der Waals surface area contributed by atoms with Crippen molar-refractivity contribution in [3.63, 3.8) is 0 Å². The van der Waals surface area contributed by atoms with Crippen molar-refractivity contribution in [2.24, 2.45) is 0 Å². The number of aromatic carboxylic acids is 2. The van der Waals surface area contributed by atoms with Gasteiger partial charge in [0.15, 0.2) is 0 Å². The van der Waals surface area contributed by atoms with Gasteiger partial charge in [-0.2, -0.15) is 13.2 Å². The summed E-state index contributed by atoms with van der Waals surface area (Å²) in [5, 5.41) is 17.9. The molecule has 2 aromatic rings. The lowest BCUT2D eigenvalue weighted by molar-refractivity contribution is -0.139. The number of benzene rings is 2. The molecule has 0 amide bonds. The molecule has 0 saturated heterocycles. The van der Waals surface area contributed by atoms with E-state index >= 15 is 0 Å². The van der Waals surface area contributed by atoms with Gasteiger partial charge >= 0.3 is 18.1 Å². The highest BCUT2D eigenvalue weighted by Crippen LogP contribution is 2.34. The summed E-state index contributed by atoms with van der Waals surface area (Å²) in [6, 6.07) is 5.77. The van der Waals surface area contributed by atoms with E-state index in [1.807, 2.05) is 0 Å². The molecule has 3 N–H and O–H groups in total. The number of rotatable bonds is 5. The van der Waals surface area contributed by atoms with Gasteiger partial charge in [-0.1, -0.05) is 12.1 Å². The fourth-order valence-corrected chi connectivity index (χ4v) is 3.35. The van der Waals surface area contributed by atoms with E-state index in [-0.39, 0.29) is 0 Å². The molecule has 11 heteroatoms. The molecule has 0 radical (unpaired) electrons. The Bertz CT molecular complexity index is 953. The minimum absolute atomic E-state index is 0.501.